The third kappa shape index (κ3) is 1.85. The number of carboxylic acids is 1. The van der Waals surface area contributed by atoms with Crippen molar-refractivity contribution in [3.8, 4) is 0 Å². The molecule has 0 saturated carbocycles. The molecule has 1 aromatic rings. The van der Waals surface area contributed by atoms with E-state index in [0.29, 0.717) is 6.42 Å². The van der Waals surface area contributed by atoms with Crippen molar-refractivity contribution in [1.82, 2.24) is 9.88 Å². The van der Waals surface area contributed by atoms with Gasteiger partial charge in [-0.15, -0.1) is 0 Å². The molecule has 0 bridgehead atoms. The van der Waals surface area contributed by atoms with Crippen LogP contribution in [0.1, 0.15) is 18.2 Å². The zero-order valence-electron chi connectivity index (χ0n) is 8.63. The summed E-state index contributed by atoms with van der Waals surface area (Å²) in [6, 6.07) is 5.55. The highest BCUT2D eigenvalue weighted by Gasteiger charge is 2.38. The molecular weight excluding hydrogens is 192 g/mol. The fourth-order valence-corrected chi connectivity index (χ4v) is 2.19. The lowest BCUT2D eigenvalue weighted by Gasteiger charge is -2.21. The summed E-state index contributed by atoms with van der Waals surface area (Å²) in [5.74, 6) is -1.06. The molecule has 2 rings (SSSR count). The minimum atomic E-state index is -0.727. The summed E-state index contributed by atoms with van der Waals surface area (Å²) in [5.41, 5.74) is 0.852. The number of pyridine rings is 1. The van der Waals surface area contributed by atoms with E-state index >= 15 is 0 Å². The number of carboxylic acid groups (broad SMARTS) is 1. The molecule has 4 heteroatoms. The molecule has 0 amide bonds. The van der Waals surface area contributed by atoms with Gasteiger partial charge in [0.05, 0.1) is 17.7 Å². The van der Waals surface area contributed by atoms with Gasteiger partial charge in [0.2, 0.25) is 0 Å². The number of aromatic nitrogens is 1. The predicted molar refractivity (Wildman–Crippen MR) is 55.4 cm³/mol. The average molecular weight is 206 g/mol. The van der Waals surface area contributed by atoms with Crippen LogP contribution in [0, 0.1) is 5.92 Å². The van der Waals surface area contributed by atoms with Crippen LogP contribution < -0.4 is 0 Å². The molecule has 0 aliphatic carbocycles. The van der Waals surface area contributed by atoms with Gasteiger partial charge in [-0.3, -0.25) is 14.7 Å². The molecule has 0 radical (unpaired) electrons. The maximum absolute atomic E-state index is 11.1. The first kappa shape index (κ1) is 10.1. The topological polar surface area (TPSA) is 53.4 Å². The van der Waals surface area contributed by atoms with E-state index in [4.69, 9.17) is 5.11 Å². The quantitative estimate of drug-likeness (QED) is 0.789. The van der Waals surface area contributed by atoms with Gasteiger partial charge in [0.25, 0.3) is 0 Å². The molecule has 1 aliphatic heterocycles. The van der Waals surface area contributed by atoms with E-state index in [-0.39, 0.29) is 12.0 Å². The summed E-state index contributed by atoms with van der Waals surface area (Å²) in [6.45, 7) is 0.818. The summed E-state index contributed by atoms with van der Waals surface area (Å²) in [5, 5.41) is 9.11. The molecule has 4 nitrogen and oxygen atoms in total. The first-order valence-corrected chi connectivity index (χ1v) is 5.04. The molecule has 80 valence electrons. The Hall–Kier alpha value is -1.42. The summed E-state index contributed by atoms with van der Waals surface area (Å²) < 4.78 is 0. The second kappa shape index (κ2) is 3.98. The van der Waals surface area contributed by atoms with Gasteiger partial charge < -0.3 is 5.11 Å². The van der Waals surface area contributed by atoms with E-state index in [2.05, 4.69) is 9.88 Å². The van der Waals surface area contributed by atoms with E-state index < -0.39 is 5.97 Å². The largest absolute Gasteiger partial charge is 0.481 e. The van der Waals surface area contributed by atoms with Crippen LogP contribution in [0.3, 0.4) is 0 Å². The summed E-state index contributed by atoms with van der Waals surface area (Å²) in [4.78, 5) is 17.4. The van der Waals surface area contributed by atoms with E-state index in [1.807, 2.05) is 25.2 Å². The van der Waals surface area contributed by atoms with E-state index in [1.54, 1.807) is 6.20 Å². The lowest BCUT2D eigenvalue weighted by atomic mass is 9.97. The zero-order chi connectivity index (χ0) is 10.8. The molecule has 0 aromatic carbocycles. The molecule has 1 fully saturated rings. The third-order valence-corrected chi connectivity index (χ3v) is 2.96. The molecule has 0 spiro atoms. The number of aliphatic carboxylic acids is 1. The summed E-state index contributed by atoms with van der Waals surface area (Å²) in [7, 11) is 1.95. The van der Waals surface area contributed by atoms with Gasteiger partial charge in [0.1, 0.15) is 0 Å². The number of rotatable bonds is 2. The third-order valence-electron chi connectivity index (χ3n) is 2.96. The highest BCUT2D eigenvalue weighted by Crippen LogP contribution is 2.34. The Balaban J connectivity index is 2.29. The number of likely N-dealkylation sites (tertiary alicyclic amines) is 1. The van der Waals surface area contributed by atoms with Crippen molar-refractivity contribution in [3.05, 3.63) is 30.1 Å². The van der Waals surface area contributed by atoms with Crippen molar-refractivity contribution in [2.75, 3.05) is 13.6 Å². The molecule has 1 N–H and O–H groups in total. The van der Waals surface area contributed by atoms with Crippen molar-refractivity contribution in [3.63, 3.8) is 0 Å². The monoisotopic (exact) mass is 206 g/mol. The van der Waals surface area contributed by atoms with Crippen LogP contribution in [0.15, 0.2) is 24.4 Å². The SMILES string of the molecule is CN1CCC(C(=O)O)C1c1ccccn1. The van der Waals surface area contributed by atoms with E-state index in [9.17, 15) is 4.79 Å². The molecule has 1 aromatic heterocycles. The van der Waals surface area contributed by atoms with Crippen molar-refractivity contribution >= 4 is 5.97 Å². The summed E-state index contributed by atoms with van der Waals surface area (Å²) in [6.07, 6.45) is 2.41. The minimum Gasteiger partial charge on any atom is -0.481 e. The zero-order valence-corrected chi connectivity index (χ0v) is 8.63. The van der Waals surface area contributed by atoms with Crippen molar-refractivity contribution in [2.24, 2.45) is 5.92 Å². The maximum Gasteiger partial charge on any atom is 0.308 e. The van der Waals surface area contributed by atoms with Crippen LogP contribution in [0.2, 0.25) is 0 Å². The van der Waals surface area contributed by atoms with Gasteiger partial charge >= 0.3 is 5.97 Å². The summed E-state index contributed by atoms with van der Waals surface area (Å²) >= 11 is 0. The van der Waals surface area contributed by atoms with Crippen LogP contribution in [-0.4, -0.2) is 34.6 Å². The van der Waals surface area contributed by atoms with Crippen LogP contribution in [-0.2, 0) is 4.79 Å². The van der Waals surface area contributed by atoms with Crippen LogP contribution >= 0.6 is 0 Å². The van der Waals surface area contributed by atoms with Crippen LogP contribution in [0.4, 0.5) is 0 Å². The van der Waals surface area contributed by atoms with Crippen LogP contribution in [0.25, 0.3) is 0 Å². The Bertz CT molecular complexity index is 353. The molecular formula is C11H14N2O2. The van der Waals surface area contributed by atoms with E-state index in [1.165, 1.54) is 0 Å². The van der Waals surface area contributed by atoms with E-state index in [0.717, 1.165) is 12.2 Å². The van der Waals surface area contributed by atoms with Crippen molar-refractivity contribution in [1.29, 1.82) is 0 Å². The lowest BCUT2D eigenvalue weighted by molar-refractivity contribution is -0.142. The van der Waals surface area contributed by atoms with Gasteiger partial charge in [-0.2, -0.15) is 0 Å². The Morgan fingerprint density at radius 3 is 3.00 bits per heavy atom. The van der Waals surface area contributed by atoms with Crippen molar-refractivity contribution < 1.29 is 9.90 Å². The first-order chi connectivity index (χ1) is 7.20. The van der Waals surface area contributed by atoms with Gasteiger partial charge in [-0.1, -0.05) is 6.07 Å². The van der Waals surface area contributed by atoms with Gasteiger partial charge in [-0.05, 0) is 32.1 Å². The van der Waals surface area contributed by atoms with Crippen LogP contribution in [0.5, 0.6) is 0 Å². The Kier molecular flexibility index (Phi) is 2.68. The fourth-order valence-electron chi connectivity index (χ4n) is 2.19. The Morgan fingerprint density at radius 2 is 2.40 bits per heavy atom. The second-order valence-corrected chi connectivity index (χ2v) is 3.91. The predicted octanol–water partition coefficient (Wildman–Crippen LogP) is 1.16. The normalized spacial score (nSPS) is 26.7. The van der Waals surface area contributed by atoms with Gasteiger partial charge in [0.15, 0.2) is 0 Å². The smallest absolute Gasteiger partial charge is 0.308 e. The Morgan fingerprint density at radius 1 is 1.60 bits per heavy atom. The molecule has 2 unspecified atom stereocenters. The Labute approximate surface area is 88.6 Å². The number of nitrogens with zero attached hydrogens (tertiary/aromatic N) is 2. The highest BCUT2D eigenvalue weighted by atomic mass is 16.4. The second-order valence-electron chi connectivity index (χ2n) is 3.91. The van der Waals surface area contributed by atoms with Crippen molar-refractivity contribution in [2.45, 2.75) is 12.5 Å². The molecule has 2 atom stereocenters. The maximum atomic E-state index is 11.1. The lowest BCUT2D eigenvalue weighted by Crippen LogP contribution is -2.25. The number of carbonyl (C=O) groups is 1. The molecule has 1 saturated heterocycles. The first-order valence-electron chi connectivity index (χ1n) is 5.04. The molecule has 15 heavy (non-hydrogen) atoms. The highest BCUT2D eigenvalue weighted by molar-refractivity contribution is 5.71. The molecule has 1 aliphatic rings. The standard InChI is InChI=1S/C11H14N2O2/c1-13-7-5-8(11(14)15)10(13)9-4-2-3-6-12-9/h2-4,6,8,10H,5,7H2,1H3,(H,14,15). The number of hydrogen-bond donors (Lipinski definition) is 1. The molecule has 2 heterocycles. The minimum absolute atomic E-state index is 0.0799. The fraction of sp³-hybridized carbons (Fsp3) is 0.455. The van der Waals surface area contributed by atoms with Gasteiger partial charge in [0, 0.05) is 6.20 Å². The average Bonchev–Trinajstić information content (AvgIpc) is 2.61. The van der Waals surface area contributed by atoms with Gasteiger partial charge in [-0.25, -0.2) is 0 Å². The number of hydrogen-bond acceptors (Lipinski definition) is 3.